The van der Waals surface area contributed by atoms with E-state index in [1.807, 2.05) is 18.2 Å². The minimum Gasteiger partial charge on any atom is -0.356 e. The Hall–Kier alpha value is -1.71. The second-order valence-electron chi connectivity index (χ2n) is 3.78. The minimum absolute atomic E-state index is 0.0492. The molecule has 0 fully saturated rings. The molecule has 1 N–H and O–H groups in total. The van der Waals surface area contributed by atoms with Crippen LogP contribution in [0.3, 0.4) is 0 Å². The zero-order valence-electron chi connectivity index (χ0n) is 9.97. The summed E-state index contributed by atoms with van der Waals surface area (Å²) in [6.45, 7) is 1.06. The van der Waals surface area contributed by atoms with Crippen molar-refractivity contribution in [2.75, 3.05) is 13.1 Å². The van der Waals surface area contributed by atoms with Gasteiger partial charge in [-0.2, -0.15) is 0 Å². The van der Waals surface area contributed by atoms with Gasteiger partial charge in [0.1, 0.15) is 0 Å². The van der Waals surface area contributed by atoms with E-state index in [0.29, 0.717) is 18.1 Å². The molecule has 0 spiro atoms. The van der Waals surface area contributed by atoms with Crippen LogP contribution in [0.4, 0.5) is 0 Å². The summed E-state index contributed by atoms with van der Waals surface area (Å²) in [6, 6.07) is 7.29. The van der Waals surface area contributed by atoms with Crippen LogP contribution in [0.15, 0.2) is 29.4 Å². The van der Waals surface area contributed by atoms with Gasteiger partial charge in [-0.15, -0.1) is 0 Å². The first kappa shape index (κ1) is 14.4. The van der Waals surface area contributed by atoms with Crippen LogP contribution < -0.4 is 5.32 Å². The molecule has 1 aromatic rings. The quantitative estimate of drug-likeness (QED) is 0.350. The van der Waals surface area contributed by atoms with Crippen LogP contribution in [0.2, 0.25) is 5.02 Å². The van der Waals surface area contributed by atoms with E-state index in [1.54, 1.807) is 6.07 Å². The Labute approximate surface area is 111 Å². The van der Waals surface area contributed by atoms with Crippen LogP contribution in [0, 0.1) is 0 Å². The Morgan fingerprint density at radius 3 is 2.89 bits per heavy atom. The molecule has 0 bridgehead atoms. The molecule has 0 aliphatic carbocycles. The fraction of sp³-hybridized carbons (Fsp3) is 0.417. The van der Waals surface area contributed by atoms with Crippen molar-refractivity contribution in [2.45, 2.75) is 19.3 Å². The third kappa shape index (κ3) is 5.57. The molecular weight excluding hydrogens is 252 g/mol. The fourth-order valence-electron chi connectivity index (χ4n) is 1.46. The van der Waals surface area contributed by atoms with Crippen molar-refractivity contribution in [3.63, 3.8) is 0 Å². The van der Waals surface area contributed by atoms with Crippen molar-refractivity contribution in [3.05, 3.63) is 45.3 Å². The lowest BCUT2D eigenvalue weighted by atomic mass is 10.1. The lowest BCUT2D eigenvalue weighted by Gasteiger charge is -2.05. The SMILES string of the molecule is [N-]=[N+]=NCCCCNC(=O)Cc1ccccc1Cl. The first-order valence-corrected chi connectivity index (χ1v) is 6.13. The number of rotatable bonds is 7. The third-order valence-electron chi connectivity index (χ3n) is 2.38. The molecule has 0 aliphatic rings. The fourth-order valence-corrected chi connectivity index (χ4v) is 1.66. The number of amides is 1. The number of nitrogens with one attached hydrogen (secondary N) is 1. The van der Waals surface area contributed by atoms with E-state index in [4.69, 9.17) is 17.1 Å². The number of unbranched alkanes of at least 4 members (excludes halogenated alkanes) is 1. The van der Waals surface area contributed by atoms with E-state index in [2.05, 4.69) is 15.3 Å². The molecule has 0 unspecified atom stereocenters. The van der Waals surface area contributed by atoms with Crippen LogP contribution in [0.5, 0.6) is 0 Å². The van der Waals surface area contributed by atoms with Crippen molar-refractivity contribution in [2.24, 2.45) is 5.11 Å². The zero-order chi connectivity index (χ0) is 13.2. The molecule has 1 amide bonds. The highest BCUT2D eigenvalue weighted by molar-refractivity contribution is 6.31. The van der Waals surface area contributed by atoms with Crippen LogP contribution in [0.25, 0.3) is 10.4 Å². The number of halogens is 1. The van der Waals surface area contributed by atoms with Gasteiger partial charge in [-0.05, 0) is 30.0 Å². The van der Waals surface area contributed by atoms with Gasteiger partial charge in [-0.1, -0.05) is 34.9 Å². The molecule has 18 heavy (non-hydrogen) atoms. The normalized spacial score (nSPS) is 9.61. The Bertz CT molecular complexity index is 443. The zero-order valence-corrected chi connectivity index (χ0v) is 10.7. The van der Waals surface area contributed by atoms with Crippen molar-refractivity contribution in [1.29, 1.82) is 0 Å². The monoisotopic (exact) mass is 266 g/mol. The maximum absolute atomic E-state index is 11.6. The number of nitrogens with zero attached hydrogens (tertiary/aromatic N) is 3. The molecule has 0 saturated carbocycles. The molecule has 0 heterocycles. The smallest absolute Gasteiger partial charge is 0.224 e. The second kappa shape index (κ2) is 8.39. The largest absolute Gasteiger partial charge is 0.356 e. The molecule has 96 valence electrons. The third-order valence-corrected chi connectivity index (χ3v) is 2.75. The summed E-state index contributed by atoms with van der Waals surface area (Å²) in [5, 5.41) is 6.83. The predicted octanol–water partition coefficient (Wildman–Crippen LogP) is 3.09. The molecule has 1 rings (SSSR count). The van der Waals surface area contributed by atoms with Crippen LogP contribution >= 0.6 is 11.6 Å². The van der Waals surface area contributed by atoms with E-state index >= 15 is 0 Å². The molecule has 0 aromatic heterocycles. The highest BCUT2D eigenvalue weighted by Crippen LogP contribution is 2.15. The number of azide groups is 1. The maximum atomic E-state index is 11.6. The molecule has 0 atom stereocenters. The number of carbonyl (C=O) groups is 1. The van der Waals surface area contributed by atoms with E-state index in [1.165, 1.54) is 0 Å². The van der Waals surface area contributed by atoms with Gasteiger partial charge >= 0.3 is 0 Å². The summed E-state index contributed by atoms with van der Waals surface area (Å²) in [5.74, 6) is -0.0492. The topological polar surface area (TPSA) is 77.9 Å². The second-order valence-corrected chi connectivity index (χ2v) is 4.19. The Balaban J connectivity index is 2.22. The lowest BCUT2D eigenvalue weighted by molar-refractivity contribution is -0.120. The van der Waals surface area contributed by atoms with Gasteiger partial charge in [-0.3, -0.25) is 4.79 Å². The van der Waals surface area contributed by atoms with E-state index in [9.17, 15) is 4.79 Å². The minimum atomic E-state index is -0.0492. The lowest BCUT2D eigenvalue weighted by Crippen LogP contribution is -2.26. The number of carbonyl (C=O) groups excluding carboxylic acids is 1. The van der Waals surface area contributed by atoms with Gasteiger partial charge in [-0.25, -0.2) is 0 Å². The number of hydrogen-bond donors (Lipinski definition) is 1. The molecule has 6 heteroatoms. The first-order chi connectivity index (χ1) is 8.74. The Morgan fingerprint density at radius 2 is 2.17 bits per heavy atom. The van der Waals surface area contributed by atoms with Crippen LogP contribution in [-0.4, -0.2) is 19.0 Å². The van der Waals surface area contributed by atoms with Crippen molar-refractivity contribution >= 4 is 17.5 Å². The molecule has 0 aliphatic heterocycles. The van der Waals surface area contributed by atoms with Crippen molar-refractivity contribution in [3.8, 4) is 0 Å². The highest BCUT2D eigenvalue weighted by atomic mass is 35.5. The molecular formula is C12H15ClN4O. The standard InChI is InChI=1S/C12H15ClN4O/c13-11-6-2-1-5-10(11)9-12(18)15-7-3-4-8-16-17-14/h1-2,5-6H,3-4,7-9H2,(H,15,18). The van der Waals surface area contributed by atoms with Gasteiger partial charge < -0.3 is 5.32 Å². The van der Waals surface area contributed by atoms with Gasteiger partial charge in [0.05, 0.1) is 6.42 Å². The first-order valence-electron chi connectivity index (χ1n) is 5.75. The molecule has 0 radical (unpaired) electrons. The average Bonchev–Trinajstić information content (AvgIpc) is 2.36. The maximum Gasteiger partial charge on any atom is 0.224 e. The van der Waals surface area contributed by atoms with E-state index in [-0.39, 0.29) is 12.3 Å². The highest BCUT2D eigenvalue weighted by Gasteiger charge is 2.05. The number of benzene rings is 1. The van der Waals surface area contributed by atoms with E-state index < -0.39 is 0 Å². The summed E-state index contributed by atoms with van der Waals surface area (Å²) in [7, 11) is 0. The van der Waals surface area contributed by atoms with Crippen LogP contribution in [-0.2, 0) is 11.2 Å². The molecule has 5 nitrogen and oxygen atoms in total. The summed E-state index contributed by atoms with van der Waals surface area (Å²) in [4.78, 5) is 14.3. The Morgan fingerprint density at radius 1 is 1.39 bits per heavy atom. The van der Waals surface area contributed by atoms with Gasteiger partial charge in [0.2, 0.25) is 5.91 Å². The van der Waals surface area contributed by atoms with Crippen molar-refractivity contribution in [1.82, 2.24) is 5.32 Å². The summed E-state index contributed by atoms with van der Waals surface area (Å²) in [5.41, 5.74) is 8.90. The molecule has 1 aromatic carbocycles. The average molecular weight is 267 g/mol. The van der Waals surface area contributed by atoms with Gasteiger partial charge in [0.15, 0.2) is 0 Å². The van der Waals surface area contributed by atoms with E-state index in [0.717, 1.165) is 18.4 Å². The van der Waals surface area contributed by atoms with Gasteiger partial charge in [0.25, 0.3) is 0 Å². The summed E-state index contributed by atoms with van der Waals surface area (Å²) >= 11 is 5.96. The summed E-state index contributed by atoms with van der Waals surface area (Å²) < 4.78 is 0. The predicted molar refractivity (Wildman–Crippen MR) is 71.4 cm³/mol. The summed E-state index contributed by atoms with van der Waals surface area (Å²) in [6.07, 6.45) is 1.86. The molecule has 0 saturated heterocycles. The van der Waals surface area contributed by atoms with Gasteiger partial charge in [0, 0.05) is 23.0 Å². The Kier molecular flexibility index (Phi) is 6.69. The number of hydrogen-bond acceptors (Lipinski definition) is 2. The van der Waals surface area contributed by atoms with Crippen LogP contribution in [0.1, 0.15) is 18.4 Å². The van der Waals surface area contributed by atoms with Crippen molar-refractivity contribution < 1.29 is 4.79 Å².